The summed E-state index contributed by atoms with van der Waals surface area (Å²) >= 11 is 0. The van der Waals surface area contributed by atoms with E-state index in [9.17, 15) is 4.79 Å². The Hall–Kier alpha value is -0.690. The summed E-state index contributed by atoms with van der Waals surface area (Å²) in [7, 11) is 0. The van der Waals surface area contributed by atoms with Gasteiger partial charge in [0.1, 0.15) is 0 Å². The van der Waals surface area contributed by atoms with Gasteiger partial charge in [-0.3, -0.25) is 9.69 Å². The summed E-state index contributed by atoms with van der Waals surface area (Å²) in [6.07, 6.45) is 16.5. The van der Waals surface area contributed by atoms with Gasteiger partial charge < -0.3 is 20.8 Å². The van der Waals surface area contributed by atoms with Crippen LogP contribution in [0.5, 0.6) is 0 Å². The number of unbranched alkanes of at least 4 members (excludes halogenated alkanes) is 11. The van der Waals surface area contributed by atoms with Gasteiger partial charge in [-0.2, -0.15) is 0 Å². The van der Waals surface area contributed by atoms with Crippen molar-refractivity contribution in [2.75, 3.05) is 52.5 Å². The SMILES string of the molecule is CCCCCCCCCCCCCCNC(=O)CCNCCN(CCO)CCO. The maximum absolute atomic E-state index is 11.8. The number of aliphatic hydroxyl groups excluding tert-OH is 2. The summed E-state index contributed by atoms with van der Waals surface area (Å²) in [4.78, 5) is 13.8. The molecule has 0 fully saturated rings. The summed E-state index contributed by atoms with van der Waals surface area (Å²) in [5, 5.41) is 24.2. The van der Waals surface area contributed by atoms with E-state index < -0.39 is 0 Å². The number of rotatable bonds is 23. The second kappa shape index (κ2) is 23.6. The molecule has 0 aromatic rings. The second-order valence-corrected chi connectivity index (χ2v) is 8.03. The van der Waals surface area contributed by atoms with Crippen LogP contribution < -0.4 is 10.6 Å². The Labute approximate surface area is 179 Å². The van der Waals surface area contributed by atoms with E-state index in [2.05, 4.69) is 17.6 Å². The third-order valence-corrected chi connectivity index (χ3v) is 5.32. The van der Waals surface area contributed by atoms with Gasteiger partial charge >= 0.3 is 0 Å². The van der Waals surface area contributed by atoms with E-state index in [1.165, 1.54) is 70.6 Å². The number of hydrogen-bond acceptors (Lipinski definition) is 5. The number of nitrogens with one attached hydrogen (secondary N) is 2. The van der Waals surface area contributed by atoms with Crippen molar-refractivity contribution in [3.63, 3.8) is 0 Å². The molecule has 4 N–H and O–H groups in total. The normalized spacial score (nSPS) is 11.3. The Kier molecular flexibility index (Phi) is 23.0. The molecule has 0 bridgehead atoms. The van der Waals surface area contributed by atoms with Crippen molar-refractivity contribution in [2.45, 2.75) is 90.4 Å². The number of nitrogens with zero attached hydrogens (tertiary/aromatic N) is 1. The van der Waals surface area contributed by atoms with Crippen LogP contribution in [-0.4, -0.2) is 73.5 Å². The smallest absolute Gasteiger partial charge is 0.221 e. The highest BCUT2D eigenvalue weighted by molar-refractivity contribution is 5.75. The molecular weight excluding hydrogens is 366 g/mol. The first kappa shape index (κ1) is 28.3. The van der Waals surface area contributed by atoms with Crippen LogP contribution in [0.15, 0.2) is 0 Å². The van der Waals surface area contributed by atoms with Crippen LogP contribution in [0.25, 0.3) is 0 Å². The first-order valence-corrected chi connectivity index (χ1v) is 12.2. The van der Waals surface area contributed by atoms with Crippen LogP contribution in [0.1, 0.15) is 90.4 Å². The minimum atomic E-state index is 0.0987. The van der Waals surface area contributed by atoms with Gasteiger partial charge in [-0.1, -0.05) is 77.6 Å². The standard InChI is InChI=1S/C23H49N3O3/c1-2-3-4-5-6-7-8-9-10-11-12-13-15-25-23(29)14-16-24-17-18-26(19-21-27)20-22-28/h24,27-28H,2-22H2,1H3,(H,25,29). The third-order valence-electron chi connectivity index (χ3n) is 5.32. The van der Waals surface area contributed by atoms with Crippen LogP contribution in [0, 0.1) is 0 Å². The zero-order chi connectivity index (χ0) is 21.4. The van der Waals surface area contributed by atoms with Gasteiger partial charge in [-0.05, 0) is 6.42 Å². The van der Waals surface area contributed by atoms with E-state index in [4.69, 9.17) is 10.2 Å². The lowest BCUT2D eigenvalue weighted by Crippen LogP contribution is -2.37. The number of carbonyl (C=O) groups excluding carboxylic acids is 1. The van der Waals surface area contributed by atoms with Crippen LogP contribution in [-0.2, 0) is 4.79 Å². The van der Waals surface area contributed by atoms with E-state index in [-0.39, 0.29) is 19.1 Å². The van der Waals surface area contributed by atoms with Crippen LogP contribution in [0.2, 0.25) is 0 Å². The molecule has 0 aliphatic rings. The number of hydrogen-bond donors (Lipinski definition) is 4. The maximum atomic E-state index is 11.8. The zero-order valence-corrected chi connectivity index (χ0v) is 19.1. The molecule has 1 amide bonds. The molecule has 0 saturated heterocycles. The molecular formula is C23H49N3O3. The van der Waals surface area contributed by atoms with Gasteiger partial charge in [-0.25, -0.2) is 0 Å². The molecule has 0 radical (unpaired) electrons. The fourth-order valence-corrected chi connectivity index (χ4v) is 3.46. The number of carbonyl (C=O) groups is 1. The second-order valence-electron chi connectivity index (χ2n) is 8.03. The molecule has 0 spiro atoms. The number of amides is 1. The molecule has 0 aliphatic carbocycles. The van der Waals surface area contributed by atoms with Crippen molar-refractivity contribution in [2.24, 2.45) is 0 Å². The highest BCUT2D eigenvalue weighted by Crippen LogP contribution is 2.11. The van der Waals surface area contributed by atoms with E-state index >= 15 is 0 Å². The zero-order valence-electron chi connectivity index (χ0n) is 19.1. The van der Waals surface area contributed by atoms with E-state index in [0.29, 0.717) is 26.1 Å². The fraction of sp³-hybridized carbons (Fsp3) is 0.957. The van der Waals surface area contributed by atoms with Gasteiger partial charge in [-0.15, -0.1) is 0 Å². The monoisotopic (exact) mass is 415 g/mol. The molecule has 29 heavy (non-hydrogen) atoms. The lowest BCUT2D eigenvalue weighted by molar-refractivity contribution is -0.121. The van der Waals surface area contributed by atoms with E-state index in [0.717, 1.165) is 26.1 Å². The molecule has 6 heteroatoms. The van der Waals surface area contributed by atoms with Crippen molar-refractivity contribution >= 4 is 5.91 Å². The summed E-state index contributed by atoms with van der Waals surface area (Å²) in [6.45, 7) is 6.58. The van der Waals surface area contributed by atoms with E-state index in [1.54, 1.807) is 0 Å². The van der Waals surface area contributed by atoms with Crippen molar-refractivity contribution in [3.05, 3.63) is 0 Å². The van der Waals surface area contributed by atoms with Gasteiger partial charge in [0.25, 0.3) is 0 Å². The van der Waals surface area contributed by atoms with Gasteiger partial charge in [0, 0.05) is 45.7 Å². The molecule has 0 heterocycles. The molecule has 0 saturated carbocycles. The van der Waals surface area contributed by atoms with Gasteiger partial charge in [0.05, 0.1) is 13.2 Å². The van der Waals surface area contributed by atoms with E-state index in [1.807, 2.05) is 4.90 Å². The van der Waals surface area contributed by atoms with Gasteiger partial charge in [0.2, 0.25) is 5.91 Å². The summed E-state index contributed by atoms with van der Waals surface area (Å²) in [5.41, 5.74) is 0. The van der Waals surface area contributed by atoms with Crippen LogP contribution in [0.3, 0.4) is 0 Å². The van der Waals surface area contributed by atoms with Crippen molar-refractivity contribution in [3.8, 4) is 0 Å². The Balaban J connectivity index is 3.29. The lowest BCUT2D eigenvalue weighted by Gasteiger charge is -2.20. The molecule has 0 aromatic carbocycles. The summed E-state index contributed by atoms with van der Waals surface area (Å²) < 4.78 is 0. The lowest BCUT2D eigenvalue weighted by atomic mass is 10.1. The van der Waals surface area contributed by atoms with Crippen molar-refractivity contribution < 1.29 is 15.0 Å². The minimum Gasteiger partial charge on any atom is -0.395 e. The molecule has 0 aliphatic heterocycles. The Morgan fingerprint density at radius 3 is 1.72 bits per heavy atom. The van der Waals surface area contributed by atoms with Crippen LogP contribution >= 0.6 is 0 Å². The van der Waals surface area contributed by atoms with Crippen molar-refractivity contribution in [1.82, 2.24) is 15.5 Å². The fourth-order valence-electron chi connectivity index (χ4n) is 3.46. The Bertz CT molecular complexity index is 337. The predicted molar refractivity (Wildman–Crippen MR) is 122 cm³/mol. The largest absolute Gasteiger partial charge is 0.395 e. The molecule has 0 aromatic heterocycles. The average molecular weight is 416 g/mol. The van der Waals surface area contributed by atoms with Crippen LogP contribution in [0.4, 0.5) is 0 Å². The Morgan fingerprint density at radius 1 is 0.690 bits per heavy atom. The first-order chi connectivity index (χ1) is 14.2. The highest BCUT2D eigenvalue weighted by Gasteiger charge is 2.04. The summed E-state index contributed by atoms with van der Waals surface area (Å²) in [6, 6.07) is 0. The average Bonchev–Trinajstić information content (AvgIpc) is 2.71. The molecule has 174 valence electrons. The Morgan fingerprint density at radius 2 is 1.21 bits per heavy atom. The predicted octanol–water partition coefficient (Wildman–Crippen LogP) is 3.07. The third kappa shape index (κ3) is 21.8. The number of aliphatic hydroxyl groups is 2. The highest BCUT2D eigenvalue weighted by atomic mass is 16.3. The summed E-state index contributed by atoms with van der Waals surface area (Å²) in [5.74, 6) is 0.114. The molecule has 6 nitrogen and oxygen atoms in total. The molecule has 0 rings (SSSR count). The topological polar surface area (TPSA) is 84.8 Å². The van der Waals surface area contributed by atoms with Crippen molar-refractivity contribution in [1.29, 1.82) is 0 Å². The first-order valence-electron chi connectivity index (χ1n) is 12.2. The minimum absolute atomic E-state index is 0.0987. The maximum Gasteiger partial charge on any atom is 0.221 e. The quantitative estimate of drug-likeness (QED) is 0.193. The molecule has 0 unspecified atom stereocenters. The molecule has 0 atom stereocenters. The van der Waals surface area contributed by atoms with Gasteiger partial charge in [0.15, 0.2) is 0 Å².